The van der Waals surface area contributed by atoms with E-state index in [1.165, 1.54) is 51.4 Å². The summed E-state index contributed by atoms with van der Waals surface area (Å²) in [5, 5.41) is 0. The van der Waals surface area contributed by atoms with E-state index in [1.807, 2.05) is 0 Å². The van der Waals surface area contributed by atoms with Crippen molar-refractivity contribution >= 4 is 0 Å². The van der Waals surface area contributed by atoms with Gasteiger partial charge in [-0.1, -0.05) is 84.5 Å². The second kappa shape index (κ2) is 14.0. The van der Waals surface area contributed by atoms with Crippen LogP contribution in [-0.4, -0.2) is 6.17 Å². The Morgan fingerprint density at radius 3 is 1.76 bits per heavy atom. The second-order valence-electron chi connectivity index (χ2n) is 5.21. The molecule has 1 radical (unpaired) electrons. The first kappa shape index (κ1) is 16.9. The standard InChI is InChI=1S/C16H32F/c1-3-5-7-8-9-10-11-12-13-15-16(17)14-6-4-2/h16H,2-15H2,1H3. The summed E-state index contributed by atoms with van der Waals surface area (Å²) in [5.74, 6) is 0. The van der Waals surface area contributed by atoms with E-state index in [0.29, 0.717) is 0 Å². The van der Waals surface area contributed by atoms with E-state index in [9.17, 15) is 4.39 Å². The van der Waals surface area contributed by atoms with Crippen molar-refractivity contribution in [3.63, 3.8) is 0 Å². The molecule has 1 atom stereocenters. The van der Waals surface area contributed by atoms with Gasteiger partial charge in [0.05, 0.1) is 0 Å². The average Bonchev–Trinajstić information content (AvgIpc) is 2.34. The summed E-state index contributed by atoms with van der Waals surface area (Å²) < 4.78 is 13.3. The van der Waals surface area contributed by atoms with Crippen molar-refractivity contribution in [2.45, 2.75) is 96.6 Å². The first-order valence-corrected chi connectivity index (χ1v) is 7.74. The van der Waals surface area contributed by atoms with Gasteiger partial charge in [-0.2, -0.15) is 0 Å². The molecule has 0 heterocycles. The van der Waals surface area contributed by atoms with Crippen molar-refractivity contribution in [3.8, 4) is 0 Å². The molecule has 0 aromatic carbocycles. The van der Waals surface area contributed by atoms with Crippen LogP contribution in [0.1, 0.15) is 90.4 Å². The molecular formula is C16H32F. The van der Waals surface area contributed by atoms with Gasteiger partial charge in [0.15, 0.2) is 0 Å². The third-order valence-corrected chi connectivity index (χ3v) is 3.39. The maximum Gasteiger partial charge on any atom is 0.100 e. The normalized spacial score (nSPS) is 12.9. The summed E-state index contributed by atoms with van der Waals surface area (Å²) in [6.45, 7) is 5.99. The van der Waals surface area contributed by atoms with Crippen molar-refractivity contribution in [3.05, 3.63) is 6.92 Å². The summed E-state index contributed by atoms with van der Waals surface area (Å²) in [6, 6.07) is 0. The van der Waals surface area contributed by atoms with E-state index in [1.54, 1.807) is 0 Å². The fourth-order valence-corrected chi connectivity index (χ4v) is 2.19. The molecule has 0 spiro atoms. The van der Waals surface area contributed by atoms with Crippen LogP contribution < -0.4 is 0 Å². The Kier molecular flexibility index (Phi) is 13.9. The predicted molar refractivity (Wildman–Crippen MR) is 75.9 cm³/mol. The zero-order valence-corrected chi connectivity index (χ0v) is 11.9. The van der Waals surface area contributed by atoms with E-state index >= 15 is 0 Å². The summed E-state index contributed by atoms with van der Waals surface area (Å²) in [5.41, 5.74) is 0. The maximum absolute atomic E-state index is 13.3. The van der Waals surface area contributed by atoms with Gasteiger partial charge in [0.2, 0.25) is 0 Å². The van der Waals surface area contributed by atoms with Gasteiger partial charge < -0.3 is 0 Å². The third kappa shape index (κ3) is 13.9. The number of hydrogen-bond acceptors (Lipinski definition) is 0. The number of unbranched alkanes of at least 4 members (excludes halogenated alkanes) is 9. The van der Waals surface area contributed by atoms with Gasteiger partial charge in [-0.15, -0.1) is 0 Å². The molecule has 103 valence electrons. The first-order valence-electron chi connectivity index (χ1n) is 7.74. The van der Waals surface area contributed by atoms with E-state index in [0.717, 1.165) is 32.1 Å². The van der Waals surface area contributed by atoms with Gasteiger partial charge in [-0.3, -0.25) is 0 Å². The average molecular weight is 243 g/mol. The molecule has 0 aliphatic rings. The predicted octanol–water partition coefficient (Wildman–Crippen LogP) is 6.25. The Bertz CT molecular complexity index is 133. The van der Waals surface area contributed by atoms with E-state index < -0.39 is 6.17 Å². The third-order valence-electron chi connectivity index (χ3n) is 3.39. The molecule has 0 aromatic rings. The lowest BCUT2D eigenvalue weighted by molar-refractivity contribution is 0.282. The Morgan fingerprint density at radius 1 is 0.765 bits per heavy atom. The van der Waals surface area contributed by atoms with Crippen LogP contribution in [0, 0.1) is 6.92 Å². The molecule has 0 aliphatic carbocycles. The van der Waals surface area contributed by atoms with Gasteiger partial charge in [0, 0.05) is 0 Å². The summed E-state index contributed by atoms with van der Waals surface area (Å²) in [6.07, 6.45) is 14.6. The van der Waals surface area contributed by atoms with Gasteiger partial charge in [-0.25, -0.2) is 4.39 Å². The van der Waals surface area contributed by atoms with Crippen LogP contribution in [0.25, 0.3) is 0 Å². The number of rotatable bonds is 13. The highest BCUT2D eigenvalue weighted by atomic mass is 19.1. The molecule has 0 fully saturated rings. The number of halogens is 1. The van der Waals surface area contributed by atoms with Crippen LogP contribution in [0.3, 0.4) is 0 Å². The Balaban J connectivity index is 3.02. The second-order valence-corrected chi connectivity index (χ2v) is 5.21. The fourth-order valence-electron chi connectivity index (χ4n) is 2.19. The van der Waals surface area contributed by atoms with E-state index in [2.05, 4.69) is 13.8 Å². The lowest BCUT2D eigenvalue weighted by Crippen LogP contribution is -1.99. The van der Waals surface area contributed by atoms with Gasteiger partial charge in [-0.05, 0) is 12.8 Å². The zero-order valence-electron chi connectivity index (χ0n) is 11.9. The Morgan fingerprint density at radius 2 is 1.24 bits per heavy atom. The van der Waals surface area contributed by atoms with E-state index in [4.69, 9.17) is 0 Å². The maximum atomic E-state index is 13.3. The SMILES string of the molecule is [CH2]CCCC(F)CCCCCCCCCCC. The fraction of sp³-hybridized carbons (Fsp3) is 0.938. The summed E-state index contributed by atoms with van der Waals surface area (Å²) >= 11 is 0. The minimum atomic E-state index is -0.568. The highest BCUT2D eigenvalue weighted by Crippen LogP contribution is 2.15. The smallest absolute Gasteiger partial charge is 0.100 e. The van der Waals surface area contributed by atoms with Crippen molar-refractivity contribution < 1.29 is 4.39 Å². The molecule has 0 rings (SSSR count). The molecular weight excluding hydrogens is 211 g/mol. The quantitative estimate of drug-likeness (QED) is 0.335. The molecule has 17 heavy (non-hydrogen) atoms. The van der Waals surface area contributed by atoms with Crippen molar-refractivity contribution in [1.82, 2.24) is 0 Å². The number of hydrogen-bond donors (Lipinski definition) is 0. The monoisotopic (exact) mass is 243 g/mol. The highest BCUT2D eigenvalue weighted by Gasteiger charge is 2.04. The molecule has 0 aliphatic heterocycles. The van der Waals surface area contributed by atoms with Crippen molar-refractivity contribution in [2.75, 3.05) is 0 Å². The van der Waals surface area contributed by atoms with Crippen LogP contribution in [0.2, 0.25) is 0 Å². The minimum Gasteiger partial charge on any atom is -0.247 e. The lowest BCUT2D eigenvalue weighted by Gasteiger charge is -2.07. The molecule has 0 bridgehead atoms. The van der Waals surface area contributed by atoms with E-state index in [-0.39, 0.29) is 0 Å². The van der Waals surface area contributed by atoms with Crippen molar-refractivity contribution in [2.24, 2.45) is 0 Å². The van der Waals surface area contributed by atoms with Gasteiger partial charge in [0.25, 0.3) is 0 Å². The lowest BCUT2D eigenvalue weighted by atomic mass is 10.0. The molecule has 0 saturated heterocycles. The Labute approximate surface area is 108 Å². The van der Waals surface area contributed by atoms with Crippen LogP contribution in [-0.2, 0) is 0 Å². The van der Waals surface area contributed by atoms with Gasteiger partial charge >= 0.3 is 0 Å². The zero-order chi connectivity index (χ0) is 12.8. The molecule has 0 nitrogen and oxygen atoms in total. The van der Waals surface area contributed by atoms with Gasteiger partial charge in [0.1, 0.15) is 6.17 Å². The summed E-state index contributed by atoms with van der Waals surface area (Å²) in [4.78, 5) is 0. The summed E-state index contributed by atoms with van der Waals surface area (Å²) in [7, 11) is 0. The van der Waals surface area contributed by atoms with Crippen LogP contribution in [0.5, 0.6) is 0 Å². The van der Waals surface area contributed by atoms with Crippen LogP contribution in [0.15, 0.2) is 0 Å². The van der Waals surface area contributed by atoms with Crippen molar-refractivity contribution in [1.29, 1.82) is 0 Å². The minimum absolute atomic E-state index is 0.568. The molecule has 0 N–H and O–H groups in total. The molecule has 1 heteroatoms. The number of alkyl halides is 1. The highest BCUT2D eigenvalue weighted by molar-refractivity contribution is 4.58. The largest absolute Gasteiger partial charge is 0.247 e. The molecule has 1 unspecified atom stereocenters. The first-order chi connectivity index (χ1) is 8.31. The van der Waals surface area contributed by atoms with Crippen LogP contribution in [0.4, 0.5) is 4.39 Å². The molecule has 0 aromatic heterocycles. The molecule has 0 amide bonds. The Hall–Kier alpha value is -0.0700. The molecule has 0 saturated carbocycles. The van der Waals surface area contributed by atoms with Crippen LogP contribution >= 0.6 is 0 Å². The topological polar surface area (TPSA) is 0 Å².